The standard InChI is InChI=1S/C13H10.C8H13NO/c1-3-7-12-10(5-1)9-11-6-2-4-8-13(11)12;1-2-7-5-3-4-6-9-8(7)10/h1-8H,9H2;2,7H,1,3-6H2,(H,9,10). The molecule has 4 rings (SSSR count). The number of rotatable bonds is 1. The maximum Gasteiger partial charge on any atom is 0.226 e. The van der Waals surface area contributed by atoms with Gasteiger partial charge >= 0.3 is 0 Å². The van der Waals surface area contributed by atoms with Crippen molar-refractivity contribution in [2.75, 3.05) is 6.54 Å². The van der Waals surface area contributed by atoms with Crippen molar-refractivity contribution in [2.45, 2.75) is 25.7 Å². The van der Waals surface area contributed by atoms with E-state index < -0.39 is 0 Å². The van der Waals surface area contributed by atoms with Crippen LogP contribution in [-0.4, -0.2) is 12.5 Å². The van der Waals surface area contributed by atoms with Gasteiger partial charge in [0, 0.05) is 6.54 Å². The minimum Gasteiger partial charge on any atom is -0.356 e. The fraction of sp³-hybridized carbons (Fsp3) is 0.286. The molecule has 2 aromatic carbocycles. The summed E-state index contributed by atoms with van der Waals surface area (Å²) < 4.78 is 0. The molecule has 2 aliphatic rings. The number of nitrogens with one attached hydrogen (secondary N) is 1. The van der Waals surface area contributed by atoms with Crippen molar-refractivity contribution in [1.29, 1.82) is 0 Å². The number of fused-ring (bicyclic) bond motifs is 3. The van der Waals surface area contributed by atoms with Crippen molar-refractivity contribution in [3.8, 4) is 11.1 Å². The SMILES string of the molecule is C=CC1CCCCNC1=O.c1ccc2c(c1)Cc1ccccc1-2. The van der Waals surface area contributed by atoms with Crippen LogP contribution >= 0.6 is 0 Å². The lowest BCUT2D eigenvalue weighted by molar-refractivity contribution is -0.123. The number of carbonyl (C=O) groups is 1. The summed E-state index contributed by atoms with van der Waals surface area (Å²) in [6, 6.07) is 17.3. The highest BCUT2D eigenvalue weighted by Crippen LogP contribution is 2.35. The molecule has 1 saturated heterocycles. The van der Waals surface area contributed by atoms with Crippen LogP contribution in [0.15, 0.2) is 61.2 Å². The van der Waals surface area contributed by atoms with Crippen molar-refractivity contribution in [2.24, 2.45) is 5.92 Å². The zero-order chi connectivity index (χ0) is 16.1. The van der Waals surface area contributed by atoms with E-state index in [-0.39, 0.29) is 11.8 Å². The van der Waals surface area contributed by atoms with E-state index in [0.717, 1.165) is 32.2 Å². The molecule has 23 heavy (non-hydrogen) atoms. The van der Waals surface area contributed by atoms with Crippen LogP contribution in [0.3, 0.4) is 0 Å². The van der Waals surface area contributed by atoms with Crippen LogP contribution in [0, 0.1) is 5.92 Å². The molecule has 1 heterocycles. The van der Waals surface area contributed by atoms with Crippen LogP contribution in [0.5, 0.6) is 0 Å². The molecular formula is C21H23NO. The highest BCUT2D eigenvalue weighted by molar-refractivity contribution is 5.80. The minimum atomic E-state index is 0.0579. The van der Waals surface area contributed by atoms with Crippen LogP contribution in [0.2, 0.25) is 0 Å². The van der Waals surface area contributed by atoms with Crippen molar-refractivity contribution in [1.82, 2.24) is 5.32 Å². The first-order valence-corrected chi connectivity index (χ1v) is 8.36. The van der Waals surface area contributed by atoms with Crippen molar-refractivity contribution >= 4 is 5.91 Å². The first-order valence-electron chi connectivity index (χ1n) is 8.36. The van der Waals surface area contributed by atoms with Gasteiger partial charge in [-0.2, -0.15) is 0 Å². The lowest BCUT2D eigenvalue weighted by atomic mass is 10.0. The number of carbonyl (C=O) groups excluding carboxylic acids is 1. The zero-order valence-electron chi connectivity index (χ0n) is 13.4. The molecule has 0 aromatic heterocycles. The molecule has 2 nitrogen and oxygen atoms in total. The monoisotopic (exact) mass is 305 g/mol. The van der Waals surface area contributed by atoms with E-state index in [9.17, 15) is 4.79 Å². The first kappa shape index (κ1) is 15.5. The van der Waals surface area contributed by atoms with E-state index in [2.05, 4.69) is 60.4 Å². The molecule has 1 N–H and O–H groups in total. The largest absolute Gasteiger partial charge is 0.356 e. The van der Waals surface area contributed by atoms with Gasteiger partial charge in [-0.3, -0.25) is 4.79 Å². The van der Waals surface area contributed by atoms with E-state index in [0.29, 0.717) is 0 Å². The Morgan fingerprint density at radius 2 is 1.57 bits per heavy atom. The van der Waals surface area contributed by atoms with Crippen molar-refractivity contribution in [3.05, 3.63) is 72.3 Å². The van der Waals surface area contributed by atoms with E-state index >= 15 is 0 Å². The molecule has 1 aliphatic heterocycles. The van der Waals surface area contributed by atoms with E-state index in [1.807, 2.05) is 0 Å². The topological polar surface area (TPSA) is 29.1 Å². The highest BCUT2D eigenvalue weighted by Gasteiger charge is 2.16. The summed E-state index contributed by atoms with van der Waals surface area (Å²) in [5, 5.41) is 2.84. The molecule has 118 valence electrons. The molecule has 2 heteroatoms. The quantitative estimate of drug-likeness (QED) is 0.666. The normalized spacial score (nSPS) is 18.6. The third-order valence-corrected chi connectivity index (χ3v) is 4.57. The van der Waals surface area contributed by atoms with Crippen LogP contribution in [0.25, 0.3) is 11.1 Å². The molecule has 0 radical (unpaired) electrons. The molecule has 2 aromatic rings. The number of benzene rings is 2. The van der Waals surface area contributed by atoms with Gasteiger partial charge in [-0.15, -0.1) is 6.58 Å². The average molecular weight is 305 g/mol. The van der Waals surface area contributed by atoms with Crippen molar-refractivity contribution in [3.63, 3.8) is 0 Å². The van der Waals surface area contributed by atoms with Gasteiger partial charge in [-0.1, -0.05) is 61.0 Å². The Bertz CT molecular complexity index is 661. The fourth-order valence-electron chi connectivity index (χ4n) is 3.27. The summed E-state index contributed by atoms with van der Waals surface area (Å²) in [7, 11) is 0. The Morgan fingerprint density at radius 3 is 2.17 bits per heavy atom. The molecular weight excluding hydrogens is 282 g/mol. The molecule has 0 spiro atoms. The third kappa shape index (κ3) is 3.53. The van der Waals surface area contributed by atoms with Crippen molar-refractivity contribution < 1.29 is 4.79 Å². The zero-order valence-corrected chi connectivity index (χ0v) is 13.4. The molecule has 0 bridgehead atoms. The maximum absolute atomic E-state index is 11.1. The summed E-state index contributed by atoms with van der Waals surface area (Å²) in [5.41, 5.74) is 5.75. The van der Waals surface area contributed by atoms with Gasteiger partial charge in [0.2, 0.25) is 5.91 Å². The van der Waals surface area contributed by atoms with Gasteiger partial charge < -0.3 is 5.32 Å². The molecule has 1 fully saturated rings. The molecule has 0 saturated carbocycles. The van der Waals surface area contributed by atoms with E-state index in [1.54, 1.807) is 6.08 Å². The Labute approximate surface area is 138 Å². The predicted octanol–water partition coefficient (Wildman–Crippen LogP) is 4.35. The van der Waals surface area contributed by atoms with Gasteiger partial charge in [-0.25, -0.2) is 0 Å². The Balaban J connectivity index is 0.000000142. The third-order valence-electron chi connectivity index (χ3n) is 4.57. The summed E-state index contributed by atoms with van der Waals surface area (Å²) >= 11 is 0. The molecule has 1 unspecified atom stereocenters. The van der Waals surface area contributed by atoms with Crippen LogP contribution in [0.4, 0.5) is 0 Å². The summed E-state index contributed by atoms with van der Waals surface area (Å²) in [5.74, 6) is 0.204. The second-order valence-electron chi connectivity index (χ2n) is 6.12. The summed E-state index contributed by atoms with van der Waals surface area (Å²) in [4.78, 5) is 11.1. The first-order chi connectivity index (χ1) is 11.3. The van der Waals surface area contributed by atoms with Gasteiger partial charge in [0.15, 0.2) is 0 Å². The van der Waals surface area contributed by atoms with Crippen LogP contribution in [-0.2, 0) is 11.2 Å². The summed E-state index contributed by atoms with van der Waals surface area (Å²) in [6.45, 7) is 4.45. The second-order valence-corrected chi connectivity index (χ2v) is 6.12. The lowest BCUT2D eigenvalue weighted by Crippen LogP contribution is -2.27. The molecule has 1 aliphatic carbocycles. The fourth-order valence-corrected chi connectivity index (χ4v) is 3.27. The maximum atomic E-state index is 11.1. The predicted molar refractivity (Wildman–Crippen MR) is 95.2 cm³/mol. The second kappa shape index (κ2) is 7.28. The number of hydrogen-bond donors (Lipinski definition) is 1. The lowest BCUT2D eigenvalue weighted by Gasteiger charge is -2.05. The average Bonchev–Trinajstić information content (AvgIpc) is 2.84. The highest BCUT2D eigenvalue weighted by atomic mass is 16.1. The van der Waals surface area contributed by atoms with Crippen LogP contribution < -0.4 is 5.32 Å². The molecule has 1 atom stereocenters. The number of hydrogen-bond acceptors (Lipinski definition) is 1. The van der Waals surface area contributed by atoms with Gasteiger partial charge in [0.1, 0.15) is 0 Å². The minimum absolute atomic E-state index is 0.0579. The summed E-state index contributed by atoms with van der Waals surface area (Å²) in [6.07, 6.45) is 6.05. The van der Waals surface area contributed by atoms with Gasteiger partial charge in [0.05, 0.1) is 5.92 Å². The number of amides is 1. The van der Waals surface area contributed by atoms with E-state index in [4.69, 9.17) is 0 Å². The van der Waals surface area contributed by atoms with Gasteiger partial charge in [-0.05, 0) is 41.5 Å². The smallest absolute Gasteiger partial charge is 0.226 e. The Hall–Kier alpha value is -2.35. The Morgan fingerprint density at radius 1 is 0.957 bits per heavy atom. The van der Waals surface area contributed by atoms with E-state index in [1.165, 1.54) is 22.3 Å². The van der Waals surface area contributed by atoms with Gasteiger partial charge in [0.25, 0.3) is 0 Å². The van der Waals surface area contributed by atoms with Crippen LogP contribution in [0.1, 0.15) is 30.4 Å². The molecule has 1 amide bonds. The Kier molecular flexibility index (Phi) is 4.92.